The van der Waals surface area contributed by atoms with Gasteiger partial charge in [0.2, 0.25) is 11.7 Å². The van der Waals surface area contributed by atoms with Crippen LogP contribution in [0.25, 0.3) is 0 Å². The molecule has 2 atom stereocenters. The molecule has 7 heteroatoms. The van der Waals surface area contributed by atoms with Crippen LogP contribution in [-0.4, -0.2) is 39.5 Å². The molecule has 1 N–H and O–H groups in total. The third-order valence-electron chi connectivity index (χ3n) is 3.94. The topological polar surface area (TPSA) is 111 Å². The first kappa shape index (κ1) is 15.8. The number of pyridine rings is 1. The van der Waals surface area contributed by atoms with Gasteiger partial charge in [0.05, 0.1) is 23.6 Å². The predicted octanol–water partition coefficient (Wildman–Crippen LogP) is 1.30. The molecule has 1 aromatic heterocycles. The Labute approximate surface area is 136 Å². The van der Waals surface area contributed by atoms with Crippen LogP contribution >= 0.6 is 0 Å². The van der Waals surface area contributed by atoms with Crippen molar-refractivity contribution in [2.24, 2.45) is 5.92 Å². The average Bonchev–Trinajstić information content (AvgIpc) is 2.54. The van der Waals surface area contributed by atoms with Crippen LogP contribution in [0, 0.1) is 12.8 Å². The standard InChI is InChI=1S/C17H13NO6/c1-8-10(12(19)7-13(20)17(22)23)6-11-15(21)9-4-2-3-5-14(9)24-16(11)18-8/h2-6,9,14H,7H2,1H3,(H,22,23). The lowest BCUT2D eigenvalue weighted by molar-refractivity contribution is -0.148. The lowest BCUT2D eigenvalue weighted by Gasteiger charge is -2.30. The second kappa shape index (κ2) is 5.84. The fourth-order valence-corrected chi connectivity index (χ4v) is 2.69. The molecule has 0 saturated heterocycles. The number of Topliss-reactive ketones (excluding diaryl/α,β-unsaturated/α-hetero) is 3. The summed E-state index contributed by atoms with van der Waals surface area (Å²) >= 11 is 0. The molecule has 1 aromatic rings. The van der Waals surface area contributed by atoms with E-state index in [4.69, 9.17) is 9.84 Å². The molecule has 0 amide bonds. The molecule has 122 valence electrons. The Morgan fingerprint density at radius 2 is 1.96 bits per heavy atom. The zero-order chi connectivity index (χ0) is 17.4. The van der Waals surface area contributed by atoms with Crippen molar-refractivity contribution in [3.8, 4) is 5.88 Å². The van der Waals surface area contributed by atoms with Crippen LogP contribution in [0.2, 0.25) is 0 Å². The SMILES string of the molecule is Cc1nc2c(cc1C(=O)CC(=O)C(=O)O)C(=O)C1C=CC=CC1O2. The number of aryl methyl sites for hydroxylation is 1. The summed E-state index contributed by atoms with van der Waals surface area (Å²) in [7, 11) is 0. The number of hydrogen-bond acceptors (Lipinski definition) is 6. The highest BCUT2D eigenvalue weighted by Crippen LogP contribution is 2.33. The van der Waals surface area contributed by atoms with E-state index in [9.17, 15) is 19.2 Å². The highest BCUT2D eigenvalue weighted by atomic mass is 16.5. The Hall–Kier alpha value is -3.09. The van der Waals surface area contributed by atoms with Gasteiger partial charge in [-0.15, -0.1) is 0 Å². The highest BCUT2D eigenvalue weighted by Gasteiger charge is 2.37. The van der Waals surface area contributed by atoms with E-state index in [0.29, 0.717) is 0 Å². The van der Waals surface area contributed by atoms with E-state index in [-0.39, 0.29) is 28.5 Å². The van der Waals surface area contributed by atoms with Crippen molar-refractivity contribution in [1.82, 2.24) is 4.98 Å². The van der Waals surface area contributed by atoms with Crippen molar-refractivity contribution in [3.05, 3.63) is 47.2 Å². The highest BCUT2D eigenvalue weighted by molar-refractivity contribution is 6.37. The zero-order valence-electron chi connectivity index (χ0n) is 12.7. The summed E-state index contributed by atoms with van der Waals surface area (Å²) in [5.74, 6) is -4.15. The van der Waals surface area contributed by atoms with Gasteiger partial charge in [-0.25, -0.2) is 9.78 Å². The lowest BCUT2D eigenvalue weighted by atomic mass is 9.86. The van der Waals surface area contributed by atoms with Crippen molar-refractivity contribution >= 4 is 23.3 Å². The Bertz CT molecular complexity index is 836. The van der Waals surface area contributed by atoms with Gasteiger partial charge in [0.1, 0.15) is 6.10 Å². The smallest absolute Gasteiger partial charge is 0.372 e. The normalized spacial score (nSPS) is 20.8. The molecule has 0 aromatic carbocycles. The van der Waals surface area contributed by atoms with Gasteiger partial charge < -0.3 is 9.84 Å². The summed E-state index contributed by atoms with van der Waals surface area (Å²) < 4.78 is 5.70. The van der Waals surface area contributed by atoms with Crippen molar-refractivity contribution in [2.45, 2.75) is 19.4 Å². The number of hydrogen-bond donors (Lipinski definition) is 1. The number of carboxylic acids is 1. The third kappa shape index (κ3) is 2.64. The first-order chi connectivity index (χ1) is 11.4. The summed E-state index contributed by atoms with van der Waals surface area (Å²) in [6.45, 7) is 1.54. The van der Waals surface area contributed by atoms with Crippen LogP contribution < -0.4 is 4.74 Å². The minimum absolute atomic E-state index is 0.0501. The summed E-state index contributed by atoms with van der Waals surface area (Å²) in [6.07, 6.45) is 5.78. The molecule has 24 heavy (non-hydrogen) atoms. The largest absolute Gasteiger partial charge is 0.475 e. The maximum atomic E-state index is 12.6. The Morgan fingerprint density at radius 1 is 1.25 bits per heavy atom. The van der Waals surface area contributed by atoms with E-state index >= 15 is 0 Å². The van der Waals surface area contributed by atoms with Crippen LogP contribution in [0.4, 0.5) is 0 Å². The second-order valence-electron chi connectivity index (χ2n) is 5.54. The summed E-state index contributed by atoms with van der Waals surface area (Å²) in [6, 6.07) is 1.33. The first-order valence-electron chi connectivity index (χ1n) is 7.25. The maximum absolute atomic E-state index is 12.6. The maximum Gasteiger partial charge on any atom is 0.372 e. The molecule has 1 aliphatic heterocycles. The van der Waals surface area contributed by atoms with Gasteiger partial charge in [0, 0.05) is 5.56 Å². The molecular formula is C17H13NO6. The second-order valence-corrected chi connectivity index (χ2v) is 5.54. The number of nitrogens with zero attached hydrogens (tertiary/aromatic N) is 1. The van der Waals surface area contributed by atoms with E-state index < -0.39 is 36.0 Å². The molecule has 0 fully saturated rings. The number of fused-ring (bicyclic) bond motifs is 2. The molecule has 0 bridgehead atoms. The lowest BCUT2D eigenvalue weighted by Crippen LogP contribution is -2.37. The van der Waals surface area contributed by atoms with Gasteiger partial charge in [0.25, 0.3) is 0 Å². The number of ether oxygens (including phenoxy) is 1. The first-order valence-corrected chi connectivity index (χ1v) is 7.25. The number of carbonyl (C=O) groups excluding carboxylic acids is 3. The van der Waals surface area contributed by atoms with E-state index in [1.807, 2.05) is 0 Å². The Balaban J connectivity index is 1.97. The fraction of sp³-hybridized carbons (Fsp3) is 0.235. The molecule has 2 heterocycles. The summed E-state index contributed by atoms with van der Waals surface area (Å²) in [5.41, 5.74) is 0.487. The summed E-state index contributed by atoms with van der Waals surface area (Å²) in [4.78, 5) is 50.7. The van der Waals surface area contributed by atoms with Crippen LogP contribution in [-0.2, 0) is 9.59 Å². The van der Waals surface area contributed by atoms with E-state index in [1.165, 1.54) is 13.0 Å². The molecule has 2 aliphatic rings. The van der Waals surface area contributed by atoms with Gasteiger partial charge >= 0.3 is 5.97 Å². The molecule has 0 saturated carbocycles. The number of rotatable bonds is 4. The minimum atomic E-state index is -1.67. The van der Waals surface area contributed by atoms with Crippen molar-refractivity contribution < 1.29 is 29.0 Å². The quantitative estimate of drug-likeness (QED) is 0.504. The average molecular weight is 327 g/mol. The van der Waals surface area contributed by atoms with E-state index in [0.717, 1.165) is 0 Å². The number of allylic oxidation sites excluding steroid dienone is 2. The van der Waals surface area contributed by atoms with Gasteiger partial charge in [0.15, 0.2) is 11.6 Å². The number of carbonyl (C=O) groups is 4. The van der Waals surface area contributed by atoms with Gasteiger partial charge in [-0.2, -0.15) is 0 Å². The monoisotopic (exact) mass is 327 g/mol. The number of aliphatic carboxylic acids is 1. The van der Waals surface area contributed by atoms with Crippen LogP contribution in [0.15, 0.2) is 30.4 Å². The van der Waals surface area contributed by atoms with Crippen LogP contribution in [0.5, 0.6) is 5.88 Å². The van der Waals surface area contributed by atoms with Crippen molar-refractivity contribution in [3.63, 3.8) is 0 Å². The van der Waals surface area contributed by atoms with Crippen LogP contribution in [0.3, 0.4) is 0 Å². The van der Waals surface area contributed by atoms with Gasteiger partial charge in [-0.3, -0.25) is 14.4 Å². The number of aromatic nitrogens is 1. The third-order valence-corrected chi connectivity index (χ3v) is 3.94. The van der Waals surface area contributed by atoms with Gasteiger partial charge in [-0.1, -0.05) is 18.2 Å². The molecule has 0 spiro atoms. The van der Waals surface area contributed by atoms with E-state index in [2.05, 4.69) is 4.98 Å². The van der Waals surface area contributed by atoms with Crippen molar-refractivity contribution in [1.29, 1.82) is 0 Å². The Morgan fingerprint density at radius 3 is 2.67 bits per heavy atom. The van der Waals surface area contributed by atoms with Crippen LogP contribution in [0.1, 0.15) is 32.8 Å². The summed E-state index contributed by atoms with van der Waals surface area (Å²) in [5, 5.41) is 8.61. The van der Waals surface area contributed by atoms with Gasteiger partial charge in [-0.05, 0) is 19.1 Å². The molecule has 2 unspecified atom stereocenters. The molecule has 0 radical (unpaired) electrons. The molecule has 7 nitrogen and oxygen atoms in total. The molecule has 3 rings (SSSR count). The molecular weight excluding hydrogens is 314 g/mol. The molecule has 1 aliphatic carbocycles. The van der Waals surface area contributed by atoms with E-state index in [1.54, 1.807) is 24.3 Å². The minimum Gasteiger partial charge on any atom is -0.475 e. The predicted molar refractivity (Wildman–Crippen MR) is 81.1 cm³/mol. The fourth-order valence-electron chi connectivity index (χ4n) is 2.69. The number of carboxylic acid groups (broad SMARTS) is 1. The zero-order valence-corrected chi connectivity index (χ0v) is 12.7. The number of ketones is 3. The van der Waals surface area contributed by atoms with Crippen molar-refractivity contribution in [2.75, 3.05) is 0 Å². The Kier molecular flexibility index (Phi) is 3.84.